The largest absolute Gasteiger partial charge is 0.398 e. The molecule has 0 saturated carbocycles. The molecule has 3 N–H and O–H groups in total. The van der Waals surface area contributed by atoms with E-state index in [2.05, 4.69) is 26.2 Å². The molecule has 0 spiro atoms. The summed E-state index contributed by atoms with van der Waals surface area (Å²) in [5.74, 6) is -0.148. The molecule has 19 heavy (non-hydrogen) atoms. The smallest absolute Gasteiger partial charge is 0.251 e. The summed E-state index contributed by atoms with van der Waals surface area (Å²) in [6, 6.07) is 9.07. The molecule has 2 aromatic rings. The summed E-state index contributed by atoms with van der Waals surface area (Å²) in [5, 5.41) is 3.41. The minimum absolute atomic E-state index is 0.148. The van der Waals surface area contributed by atoms with Crippen molar-refractivity contribution in [2.24, 2.45) is 0 Å². The van der Waals surface area contributed by atoms with E-state index in [-0.39, 0.29) is 5.91 Å². The Balaban J connectivity index is 2.22. The molecule has 2 rings (SSSR count). The van der Waals surface area contributed by atoms with Crippen molar-refractivity contribution in [2.45, 2.75) is 9.92 Å². The van der Waals surface area contributed by atoms with Crippen molar-refractivity contribution in [3.05, 3.63) is 46.6 Å². The van der Waals surface area contributed by atoms with Gasteiger partial charge in [-0.25, -0.2) is 4.98 Å². The number of carbonyl (C=O) groups is 1. The van der Waals surface area contributed by atoms with Gasteiger partial charge in [-0.15, -0.1) is 0 Å². The van der Waals surface area contributed by atoms with Crippen molar-refractivity contribution in [3.63, 3.8) is 0 Å². The molecule has 1 amide bonds. The first-order chi connectivity index (χ1) is 9.10. The van der Waals surface area contributed by atoms with Crippen molar-refractivity contribution < 1.29 is 4.79 Å². The van der Waals surface area contributed by atoms with E-state index in [1.165, 1.54) is 11.8 Å². The number of halogens is 1. The van der Waals surface area contributed by atoms with Crippen LogP contribution in [0.4, 0.5) is 5.69 Å². The number of hydrogen-bond donors (Lipinski definition) is 2. The SMILES string of the molecule is CNC(=O)c1ccc(Sc2ccc(Br)cn2)c(N)c1. The molecule has 0 aliphatic heterocycles. The second-order valence-corrected chi connectivity index (χ2v) is 5.73. The molecule has 0 saturated heterocycles. The molecule has 98 valence electrons. The van der Waals surface area contributed by atoms with E-state index in [0.29, 0.717) is 11.3 Å². The number of nitrogens with one attached hydrogen (secondary N) is 1. The summed E-state index contributed by atoms with van der Waals surface area (Å²) >= 11 is 4.80. The summed E-state index contributed by atoms with van der Waals surface area (Å²) < 4.78 is 0.930. The minimum atomic E-state index is -0.148. The molecule has 0 radical (unpaired) electrons. The number of nitrogens with two attached hydrogens (primary N) is 1. The number of aromatic nitrogens is 1. The molecular weight excluding hydrogens is 326 g/mol. The third-order valence-electron chi connectivity index (χ3n) is 2.41. The average molecular weight is 338 g/mol. The van der Waals surface area contributed by atoms with Crippen LogP contribution >= 0.6 is 27.7 Å². The second kappa shape index (κ2) is 6.08. The molecule has 0 fully saturated rings. The molecule has 0 aliphatic rings. The number of benzene rings is 1. The van der Waals surface area contributed by atoms with Gasteiger partial charge in [0.25, 0.3) is 5.91 Å². The molecule has 1 aromatic heterocycles. The van der Waals surface area contributed by atoms with Gasteiger partial charge in [-0.3, -0.25) is 4.79 Å². The van der Waals surface area contributed by atoms with Crippen LogP contribution in [0.2, 0.25) is 0 Å². The first kappa shape index (κ1) is 13.9. The number of amides is 1. The third-order valence-corrected chi connectivity index (χ3v) is 3.93. The topological polar surface area (TPSA) is 68.0 Å². The van der Waals surface area contributed by atoms with Crippen LogP contribution < -0.4 is 11.1 Å². The van der Waals surface area contributed by atoms with Crippen molar-refractivity contribution in [3.8, 4) is 0 Å². The molecular formula is C13H12BrN3OS. The zero-order valence-electron chi connectivity index (χ0n) is 10.2. The molecule has 4 nitrogen and oxygen atoms in total. The van der Waals surface area contributed by atoms with E-state index in [1.807, 2.05) is 18.2 Å². The minimum Gasteiger partial charge on any atom is -0.398 e. The monoisotopic (exact) mass is 337 g/mol. The quantitative estimate of drug-likeness (QED) is 0.845. The summed E-state index contributed by atoms with van der Waals surface area (Å²) in [5.41, 5.74) is 7.07. The van der Waals surface area contributed by atoms with Gasteiger partial charge in [-0.05, 0) is 46.3 Å². The Morgan fingerprint density at radius 2 is 2.16 bits per heavy atom. The van der Waals surface area contributed by atoms with Crippen molar-refractivity contribution in [2.75, 3.05) is 12.8 Å². The third kappa shape index (κ3) is 3.48. The van der Waals surface area contributed by atoms with Crippen LogP contribution in [0.5, 0.6) is 0 Å². The lowest BCUT2D eigenvalue weighted by atomic mass is 10.2. The van der Waals surface area contributed by atoms with E-state index < -0.39 is 0 Å². The molecule has 6 heteroatoms. The van der Waals surface area contributed by atoms with Gasteiger partial charge in [0.05, 0.1) is 0 Å². The zero-order valence-corrected chi connectivity index (χ0v) is 12.6. The Bertz CT molecular complexity index is 601. The molecule has 0 bridgehead atoms. The van der Waals surface area contributed by atoms with Crippen LogP contribution in [0.25, 0.3) is 0 Å². The number of rotatable bonds is 3. The van der Waals surface area contributed by atoms with Gasteiger partial charge in [0.15, 0.2) is 0 Å². The van der Waals surface area contributed by atoms with Crippen molar-refractivity contribution in [1.82, 2.24) is 10.3 Å². The lowest BCUT2D eigenvalue weighted by molar-refractivity contribution is 0.0963. The highest BCUT2D eigenvalue weighted by Crippen LogP contribution is 2.31. The number of hydrogen-bond acceptors (Lipinski definition) is 4. The van der Waals surface area contributed by atoms with Crippen LogP contribution in [-0.4, -0.2) is 17.9 Å². The molecule has 1 aromatic carbocycles. The molecule has 0 atom stereocenters. The van der Waals surface area contributed by atoms with Gasteiger partial charge in [0.1, 0.15) is 5.03 Å². The highest BCUT2D eigenvalue weighted by Gasteiger charge is 2.08. The average Bonchev–Trinajstić information content (AvgIpc) is 2.42. The van der Waals surface area contributed by atoms with Gasteiger partial charge in [-0.2, -0.15) is 0 Å². The van der Waals surface area contributed by atoms with E-state index in [4.69, 9.17) is 5.73 Å². The zero-order chi connectivity index (χ0) is 13.8. The first-order valence-corrected chi connectivity index (χ1v) is 7.12. The lowest BCUT2D eigenvalue weighted by Crippen LogP contribution is -2.17. The fourth-order valence-electron chi connectivity index (χ4n) is 1.46. The maximum absolute atomic E-state index is 11.5. The van der Waals surface area contributed by atoms with Crippen LogP contribution in [-0.2, 0) is 0 Å². The molecule has 1 heterocycles. The van der Waals surface area contributed by atoms with Crippen LogP contribution in [0.15, 0.2) is 50.9 Å². The summed E-state index contributed by atoms with van der Waals surface area (Å²) in [6.45, 7) is 0. The Kier molecular flexibility index (Phi) is 4.44. The van der Waals surface area contributed by atoms with Gasteiger partial charge in [0.2, 0.25) is 0 Å². The number of pyridine rings is 1. The fourth-order valence-corrected chi connectivity index (χ4v) is 2.48. The Morgan fingerprint density at radius 1 is 1.37 bits per heavy atom. The lowest BCUT2D eigenvalue weighted by Gasteiger charge is -2.07. The summed E-state index contributed by atoms with van der Waals surface area (Å²) in [4.78, 5) is 16.6. The van der Waals surface area contributed by atoms with E-state index in [9.17, 15) is 4.79 Å². The van der Waals surface area contributed by atoms with Crippen LogP contribution in [0.1, 0.15) is 10.4 Å². The number of nitrogen functional groups attached to an aromatic ring is 1. The standard InChI is InChI=1S/C13H12BrN3OS/c1-16-13(18)8-2-4-11(10(15)6-8)19-12-5-3-9(14)7-17-12/h2-7H,15H2,1H3,(H,16,18). The predicted octanol–water partition coefficient (Wildman–Crippen LogP) is 2.94. The van der Waals surface area contributed by atoms with Gasteiger partial charge >= 0.3 is 0 Å². The highest BCUT2D eigenvalue weighted by molar-refractivity contribution is 9.10. The maximum Gasteiger partial charge on any atom is 0.251 e. The fraction of sp³-hybridized carbons (Fsp3) is 0.0769. The van der Waals surface area contributed by atoms with E-state index in [0.717, 1.165) is 14.4 Å². The molecule has 0 aliphatic carbocycles. The second-order valence-electron chi connectivity index (χ2n) is 3.75. The Morgan fingerprint density at radius 3 is 2.74 bits per heavy atom. The molecule has 0 unspecified atom stereocenters. The van der Waals surface area contributed by atoms with E-state index in [1.54, 1.807) is 25.4 Å². The van der Waals surface area contributed by atoms with E-state index >= 15 is 0 Å². The maximum atomic E-state index is 11.5. The van der Waals surface area contributed by atoms with Gasteiger partial charge in [-0.1, -0.05) is 11.8 Å². The normalized spacial score (nSPS) is 10.2. The summed E-state index contributed by atoms with van der Waals surface area (Å²) in [7, 11) is 1.59. The summed E-state index contributed by atoms with van der Waals surface area (Å²) in [6.07, 6.45) is 1.73. The van der Waals surface area contributed by atoms with Gasteiger partial charge < -0.3 is 11.1 Å². The predicted molar refractivity (Wildman–Crippen MR) is 80.3 cm³/mol. The van der Waals surface area contributed by atoms with Gasteiger partial charge in [0, 0.05) is 33.9 Å². The van der Waals surface area contributed by atoms with Crippen molar-refractivity contribution >= 4 is 39.3 Å². The van der Waals surface area contributed by atoms with Crippen LogP contribution in [0, 0.1) is 0 Å². The number of carbonyl (C=O) groups excluding carboxylic acids is 1. The first-order valence-electron chi connectivity index (χ1n) is 5.51. The highest BCUT2D eigenvalue weighted by atomic mass is 79.9. The van der Waals surface area contributed by atoms with Crippen molar-refractivity contribution in [1.29, 1.82) is 0 Å². The number of anilines is 1. The van der Waals surface area contributed by atoms with Crippen LogP contribution in [0.3, 0.4) is 0 Å². The Labute approximate surface area is 123 Å². The Hall–Kier alpha value is -1.53. The number of nitrogens with zero attached hydrogens (tertiary/aromatic N) is 1.